The van der Waals surface area contributed by atoms with Crippen LogP contribution in [0, 0.1) is 20.9 Å². The normalized spacial score (nSPS) is 22.6. The molecule has 6 rings (SSSR count). The van der Waals surface area contributed by atoms with E-state index in [1.807, 2.05) is 11.0 Å². The highest BCUT2D eigenvalue weighted by atomic mass is 35.5. The van der Waals surface area contributed by atoms with Gasteiger partial charge in [-0.15, -0.1) is 0 Å². The molecule has 7 nitrogen and oxygen atoms in total. The summed E-state index contributed by atoms with van der Waals surface area (Å²) in [7, 11) is 0. The van der Waals surface area contributed by atoms with Gasteiger partial charge >= 0.3 is 0 Å². The maximum atomic E-state index is 14.5. The fraction of sp³-hybridized carbons (Fsp3) is 0.258. The van der Waals surface area contributed by atoms with Gasteiger partial charge in [0.25, 0.3) is 5.69 Å². The van der Waals surface area contributed by atoms with Crippen LogP contribution in [-0.4, -0.2) is 34.4 Å². The van der Waals surface area contributed by atoms with Crippen molar-refractivity contribution in [2.75, 3.05) is 4.90 Å². The summed E-state index contributed by atoms with van der Waals surface area (Å²) in [5, 5.41) is 12.3. The minimum Gasteiger partial charge on any atom is -0.352 e. The standard InChI is InChI=1S/C31H25ClN2O5/c1-30(2,3)29(37)26-25(18-7-6-8-20(16-18)34(38)39)31(27(35)21-9-4-5-10-22(21)28(31)36)24-14-11-17-15-19(32)12-13-23(17)33(24)26/h4-16,24-26H,1-3H3/t24-,25-,26-/m0/s1. The van der Waals surface area contributed by atoms with Crippen molar-refractivity contribution in [1.82, 2.24) is 0 Å². The Bertz CT molecular complexity index is 1600. The molecule has 0 amide bonds. The van der Waals surface area contributed by atoms with Crippen LogP contribution in [-0.2, 0) is 4.79 Å². The van der Waals surface area contributed by atoms with Crippen LogP contribution in [0.4, 0.5) is 11.4 Å². The van der Waals surface area contributed by atoms with E-state index in [2.05, 4.69) is 0 Å². The first kappa shape index (κ1) is 25.2. The smallest absolute Gasteiger partial charge is 0.269 e. The molecule has 3 atom stereocenters. The largest absolute Gasteiger partial charge is 0.352 e. The van der Waals surface area contributed by atoms with Crippen LogP contribution in [0.2, 0.25) is 5.02 Å². The van der Waals surface area contributed by atoms with Gasteiger partial charge in [-0.05, 0) is 29.3 Å². The topological polar surface area (TPSA) is 97.6 Å². The van der Waals surface area contributed by atoms with Crippen molar-refractivity contribution in [2.45, 2.75) is 38.8 Å². The molecule has 1 spiro atoms. The van der Waals surface area contributed by atoms with Crippen molar-refractivity contribution in [3.8, 4) is 0 Å². The predicted molar refractivity (Wildman–Crippen MR) is 148 cm³/mol. The van der Waals surface area contributed by atoms with E-state index in [9.17, 15) is 24.5 Å². The first-order valence-electron chi connectivity index (χ1n) is 12.7. The number of nitro groups is 1. The molecular weight excluding hydrogens is 516 g/mol. The van der Waals surface area contributed by atoms with Crippen molar-refractivity contribution >= 4 is 46.4 Å². The van der Waals surface area contributed by atoms with Crippen LogP contribution in [0.1, 0.15) is 58.5 Å². The number of nitro benzene ring substituents is 1. The highest BCUT2D eigenvalue weighted by molar-refractivity contribution is 6.32. The van der Waals surface area contributed by atoms with Gasteiger partial charge in [0.15, 0.2) is 17.3 Å². The monoisotopic (exact) mass is 540 g/mol. The first-order valence-corrected chi connectivity index (χ1v) is 13.1. The SMILES string of the molecule is CC(C)(C)C(=O)[C@@H]1[C@H](c2cccc([N+](=O)[O-])c2)C2(C(=O)c3ccccc3C2=O)[C@@H]2C=Cc3cc(Cl)ccc3N12. The Morgan fingerprint density at radius 1 is 0.974 bits per heavy atom. The van der Waals surface area contributed by atoms with E-state index in [0.29, 0.717) is 27.4 Å². The van der Waals surface area contributed by atoms with Crippen LogP contribution in [0.25, 0.3) is 6.08 Å². The van der Waals surface area contributed by atoms with E-state index in [1.165, 1.54) is 18.2 Å². The van der Waals surface area contributed by atoms with E-state index >= 15 is 0 Å². The summed E-state index contributed by atoms with van der Waals surface area (Å²) in [6.45, 7) is 5.40. The lowest BCUT2D eigenvalue weighted by Crippen LogP contribution is -2.49. The van der Waals surface area contributed by atoms with Gasteiger partial charge in [0.05, 0.1) is 17.0 Å². The predicted octanol–water partition coefficient (Wildman–Crippen LogP) is 6.30. The highest BCUT2D eigenvalue weighted by Gasteiger charge is 2.72. The second-order valence-corrected chi connectivity index (χ2v) is 11.8. The Balaban J connectivity index is 1.71. The number of carbonyl (C=O) groups excluding carboxylic acids is 3. The van der Waals surface area contributed by atoms with Gasteiger partial charge in [0.1, 0.15) is 5.41 Å². The lowest BCUT2D eigenvalue weighted by atomic mass is 9.63. The number of nitrogens with zero attached hydrogens (tertiary/aromatic N) is 2. The Labute approximate surface area is 230 Å². The molecule has 3 aromatic carbocycles. The van der Waals surface area contributed by atoms with Gasteiger partial charge in [-0.2, -0.15) is 0 Å². The molecule has 0 saturated carbocycles. The van der Waals surface area contributed by atoms with Crippen molar-refractivity contribution in [3.63, 3.8) is 0 Å². The number of rotatable bonds is 3. The van der Waals surface area contributed by atoms with E-state index in [1.54, 1.807) is 75.4 Å². The zero-order chi connectivity index (χ0) is 27.9. The second kappa shape index (κ2) is 8.45. The maximum Gasteiger partial charge on any atom is 0.269 e. The lowest BCUT2D eigenvalue weighted by Gasteiger charge is -2.38. The van der Waals surface area contributed by atoms with Gasteiger partial charge in [-0.25, -0.2) is 0 Å². The average molecular weight is 541 g/mol. The first-order chi connectivity index (χ1) is 18.5. The number of benzene rings is 3. The second-order valence-electron chi connectivity index (χ2n) is 11.4. The Hall–Kier alpha value is -4.10. The molecule has 1 saturated heterocycles. The van der Waals surface area contributed by atoms with Crippen LogP contribution in [0.3, 0.4) is 0 Å². The number of hydrogen-bond acceptors (Lipinski definition) is 6. The molecule has 2 aliphatic heterocycles. The molecule has 3 aliphatic rings. The van der Waals surface area contributed by atoms with E-state index < -0.39 is 33.8 Å². The maximum absolute atomic E-state index is 14.5. The van der Waals surface area contributed by atoms with Crippen molar-refractivity contribution in [2.24, 2.45) is 10.8 Å². The number of halogens is 1. The van der Waals surface area contributed by atoms with Gasteiger partial charge < -0.3 is 4.90 Å². The average Bonchev–Trinajstić information content (AvgIpc) is 3.33. The fourth-order valence-corrected chi connectivity index (χ4v) is 6.78. The number of non-ortho nitro benzene ring substituents is 1. The Morgan fingerprint density at radius 3 is 2.26 bits per heavy atom. The summed E-state index contributed by atoms with van der Waals surface area (Å²) in [4.78, 5) is 56.6. The summed E-state index contributed by atoms with van der Waals surface area (Å²) >= 11 is 6.30. The van der Waals surface area contributed by atoms with Crippen LogP contribution >= 0.6 is 11.6 Å². The van der Waals surface area contributed by atoms with Crippen molar-refractivity contribution < 1.29 is 19.3 Å². The molecule has 1 fully saturated rings. The molecule has 3 aromatic rings. The van der Waals surface area contributed by atoms with E-state index in [0.717, 1.165) is 5.56 Å². The van der Waals surface area contributed by atoms with Crippen LogP contribution < -0.4 is 4.90 Å². The number of ketones is 3. The minimum atomic E-state index is -1.70. The molecule has 196 valence electrons. The summed E-state index contributed by atoms with van der Waals surface area (Å²) in [6.07, 6.45) is 3.64. The highest BCUT2D eigenvalue weighted by Crippen LogP contribution is 2.61. The quantitative estimate of drug-likeness (QED) is 0.220. The van der Waals surface area contributed by atoms with E-state index in [-0.39, 0.29) is 23.0 Å². The molecule has 0 aromatic heterocycles. The summed E-state index contributed by atoms with van der Waals surface area (Å²) in [5.41, 5.74) is -0.265. The third-order valence-electron chi connectivity index (χ3n) is 8.21. The molecule has 8 heteroatoms. The Kier molecular flexibility index (Phi) is 5.46. The van der Waals surface area contributed by atoms with Gasteiger partial charge in [-0.3, -0.25) is 24.5 Å². The summed E-state index contributed by atoms with van der Waals surface area (Å²) < 4.78 is 0. The van der Waals surface area contributed by atoms with Crippen molar-refractivity contribution in [3.05, 3.63) is 110 Å². The number of fused-ring (bicyclic) bond motifs is 5. The number of anilines is 1. The zero-order valence-corrected chi connectivity index (χ0v) is 22.3. The summed E-state index contributed by atoms with van der Waals surface area (Å²) in [6, 6.07) is 16.2. The lowest BCUT2D eigenvalue weighted by molar-refractivity contribution is -0.384. The van der Waals surface area contributed by atoms with Gasteiger partial charge in [-0.1, -0.05) is 80.9 Å². The molecule has 1 aliphatic carbocycles. The van der Waals surface area contributed by atoms with Gasteiger partial charge in [0, 0.05) is 45.3 Å². The number of hydrogen-bond donors (Lipinski definition) is 0. The molecule has 0 bridgehead atoms. The van der Waals surface area contributed by atoms with Crippen LogP contribution in [0.5, 0.6) is 0 Å². The molecular formula is C31H25ClN2O5. The molecule has 39 heavy (non-hydrogen) atoms. The number of Topliss-reactive ketones (excluding diaryl/α,β-unsaturated/α-hetero) is 3. The zero-order valence-electron chi connectivity index (χ0n) is 21.6. The summed E-state index contributed by atoms with van der Waals surface area (Å²) in [5.74, 6) is -1.90. The third kappa shape index (κ3) is 3.39. The van der Waals surface area contributed by atoms with Gasteiger partial charge in [0.2, 0.25) is 0 Å². The third-order valence-corrected chi connectivity index (χ3v) is 8.45. The van der Waals surface area contributed by atoms with Crippen LogP contribution in [0.15, 0.2) is 72.8 Å². The Morgan fingerprint density at radius 2 is 1.64 bits per heavy atom. The fourth-order valence-electron chi connectivity index (χ4n) is 6.60. The van der Waals surface area contributed by atoms with E-state index in [4.69, 9.17) is 11.6 Å². The number of carbonyl (C=O) groups is 3. The molecule has 0 unspecified atom stereocenters. The molecule has 0 N–H and O–H groups in total. The minimum absolute atomic E-state index is 0.173. The molecule has 0 radical (unpaired) electrons. The van der Waals surface area contributed by atoms with Crippen molar-refractivity contribution in [1.29, 1.82) is 0 Å². The molecule has 2 heterocycles.